The van der Waals surface area contributed by atoms with Crippen molar-refractivity contribution in [3.05, 3.63) is 0 Å². The van der Waals surface area contributed by atoms with E-state index in [1.165, 1.54) is 0 Å². The van der Waals surface area contributed by atoms with Crippen LogP contribution < -0.4 is 11.1 Å². The Labute approximate surface area is 99.0 Å². The van der Waals surface area contributed by atoms with Gasteiger partial charge in [-0.3, -0.25) is 9.59 Å². The molecule has 98 valence electrons. The van der Waals surface area contributed by atoms with Crippen LogP contribution in [0.5, 0.6) is 0 Å². The van der Waals surface area contributed by atoms with E-state index >= 15 is 0 Å². The molecule has 0 fully saturated rings. The zero-order valence-corrected chi connectivity index (χ0v) is 9.68. The summed E-state index contributed by atoms with van der Waals surface area (Å²) in [4.78, 5) is 32.5. The van der Waals surface area contributed by atoms with E-state index in [9.17, 15) is 14.4 Å². The quantitative estimate of drug-likeness (QED) is 0.452. The predicted octanol–water partition coefficient (Wildman–Crippen LogP) is -0.594. The molecule has 0 aliphatic heterocycles. The minimum Gasteiger partial charge on any atom is -0.481 e. The number of hydrogen-bond donors (Lipinski definition) is 4. The summed E-state index contributed by atoms with van der Waals surface area (Å²) >= 11 is 0. The van der Waals surface area contributed by atoms with Gasteiger partial charge in [0, 0.05) is 12.8 Å². The van der Waals surface area contributed by atoms with Gasteiger partial charge in [0.15, 0.2) is 0 Å². The van der Waals surface area contributed by atoms with Gasteiger partial charge in [0.1, 0.15) is 6.04 Å². The second-order valence-corrected chi connectivity index (χ2v) is 3.94. The highest BCUT2D eigenvalue weighted by atomic mass is 16.4. The molecule has 0 aromatic heterocycles. The lowest BCUT2D eigenvalue weighted by atomic mass is 10.1. The monoisotopic (exact) mass is 246 g/mol. The van der Waals surface area contributed by atoms with Gasteiger partial charge in [-0.05, 0) is 18.9 Å². The molecule has 0 heterocycles. The Morgan fingerprint density at radius 2 is 1.88 bits per heavy atom. The van der Waals surface area contributed by atoms with Gasteiger partial charge in [0.2, 0.25) is 5.91 Å². The van der Waals surface area contributed by atoms with Crippen LogP contribution in [0.15, 0.2) is 0 Å². The molecule has 0 aliphatic carbocycles. The lowest BCUT2D eigenvalue weighted by molar-refractivity contribution is -0.143. The van der Waals surface area contributed by atoms with Crippen LogP contribution in [0.1, 0.15) is 26.2 Å². The summed E-state index contributed by atoms with van der Waals surface area (Å²) in [6, 6.07) is -1.16. The third-order valence-electron chi connectivity index (χ3n) is 2.22. The molecular formula is C10H18N2O5. The topological polar surface area (TPSA) is 130 Å². The van der Waals surface area contributed by atoms with Crippen LogP contribution in [0.25, 0.3) is 0 Å². The van der Waals surface area contributed by atoms with E-state index in [4.69, 9.17) is 15.9 Å². The van der Waals surface area contributed by atoms with Gasteiger partial charge in [0.25, 0.3) is 0 Å². The average molecular weight is 246 g/mol. The molecule has 0 aromatic carbocycles. The molecular weight excluding hydrogens is 228 g/mol. The molecule has 0 radical (unpaired) electrons. The van der Waals surface area contributed by atoms with Crippen molar-refractivity contribution in [1.82, 2.24) is 5.32 Å². The molecule has 0 saturated carbocycles. The normalized spacial score (nSPS) is 13.8. The maximum atomic E-state index is 11.4. The maximum Gasteiger partial charge on any atom is 0.326 e. The van der Waals surface area contributed by atoms with Crippen LogP contribution in [-0.4, -0.2) is 40.6 Å². The van der Waals surface area contributed by atoms with Crippen molar-refractivity contribution in [2.75, 3.05) is 6.54 Å². The van der Waals surface area contributed by atoms with Crippen LogP contribution in [0, 0.1) is 5.92 Å². The standard InChI is InChI=1S/C10H18N2O5/c1-6(5-11)4-8(13)12-7(10(16)17)2-3-9(14)15/h6-7H,2-5,11H2,1H3,(H,12,13)(H,14,15)(H,16,17). The van der Waals surface area contributed by atoms with Crippen molar-refractivity contribution in [3.63, 3.8) is 0 Å². The number of rotatable bonds is 8. The summed E-state index contributed by atoms with van der Waals surface area (Å²) in [6.45, 7) is 2.10. The van der Waals surface area contributed by atoms with E-state index in [2.05, 4.69) is 5.32 Å². The summed E-state index contributed by atoms with van der Waals surface area (Å²) in [7, 11) is 0. The average Bonchev–Trinajstić information content (AvgIpc) is 2.23. The van der Waals surface area contributed by atoms with E-state index < -0.39 is 23.9 Å². The maximum absolute atomic E-state index is 11.4. The predicted molar refractivity (Wildman–Crippen MR) is 59.3 cm³/mol. The van der Waals surface area contributed by atoms with Crippen LogP contribution in [0.2, 0.25) is 0 Å². The Hall–Kier alpha value is -1.63. The second-order valence-electron chi connectivity index (χ2n) is 3.94. The number of nitrogens with two attached hydrogens (primary N) is 1. The smallest absolute Gasteiger partial charge is 0.326 e. The second kappa shape index (κ2) is 7.61. The molecule has 0 bridgehead atoms. The highest BCUT2D eigenvalue weighted by Gasteiger charge is 2.21. The summed E-state index contributed by atoms with van der Waals surface area (Å²) in [5.74, 6) is -2.80. The SMILES string of the molecule is CC(CN)CC(=O)NC(CCC(=O)O)C(=O)O. The number of amides is 1. The van der Waals surface area contributed by atoms with Crippen molar-refractivity contribution >= 4 is 17.8 Å². The first-order valence-electron chi connectivity index (χ1n) is 5.30. The van der Waals surface area contributed by atoms with Crippen molar-refractivity contribution in [3.8, 4) is 0 Å². The molecule has 5 N–H and O–H groups in total. The number of carboxylic acid groups (broad SMARTS) is 2. The number of nitrogens with one attached hydrogen (secondary N) is 1. The lowest BCUT2D eigenvalue weighted by Crippen LogP contribution is -2.41. The fourth-order valence-electron chi connectivity index (χ4n) is 1.18. The molecule has 0 saturated heterocycles. The van der Waals surface area contributed by atoms with Gasteiger partial charge in [0.05, 0.1) is 0 Å². The highest BCUT2D eigenvalue weighted by Crippen LogP contribution is 2.02. The molecule has 1 amide bonds. The number of carboxylic acids is 2. The van der Waals surface area contributed by atoms with Gasteiger partial charge >= 0.3 is 11.9 Å². The van der Waals surface area contributed by atoms with Crippen molar-refractivity contribution in [2.24, 2.45) is 11.7 Å². The van der Waals surface area contributed by atoms with Gasteiger partial charge in [-0.2, -0.15) is 0 Å². The third-order valence-corrected chi connectivity index (χ3v) is 2.22. The van der Waals surface area contributed by atoms with Gasteiger partial charge < -0.3 is 21.3 Å². The molecule has 0 aromatic rings. The van der Waals surface area contributed by atoms with Crippen LogP contribution >= 0.6 is 0 Å². The first-order valence-corrected chi connectivity index (χ1v) is 5.30. The van der Waals surface area contributed by atoms with E-state index in [-0.39, 0.29) is 25.2 Å². The molecule has 0 aliphatic rings. The molecule has 2 unspecified atom stereocenters. The number of carbonyl (C=O) groups is 3. The highest BCUT2D eigenvalue weighted by molar-refractivity contribution is 5.84. The Morgan fingerprint density at radius 3 is 2.29 bits per heavy atom. The molecule has 0 spiro atoms. The van der Waals surface area contributed by atoms with Crippen molar-refractivity contribution in [1.29, 1.82) is 0 Å². The zero-order valence-electron chi connectivity index (χ0n) is 9.68. The summed E-state index contributed by atoms with van der Waals surface area (Å²) in [6.07, 6.45) is -0.301. The van der Waals surface area contributed by atoms with Crippen molar-refractivity contribution in [2.45, 2.75) is 32.2 Å². The largest absolute Gasteiger partial charge is 0.481 e. The van der Waals surface area contributed by atoms with Gasteiger partial charge in [-0.1, -0.05) is 6.92 Å². The number of aliphatic carboxylic acids is 2. The van der Waals surface area contributed by atoms with E-state index in [0.29, 0.717) is 6.54 Å². The Balaban J connectivity index is 4.20. The molecule has 0 rings (SSSR count). The minimum atomic E-state index is -1.24. The van der Waals surface area contributed by atoms with Crippen LogP contribution in [-0.2, 0) is 14.4 Å². The number of carbonyl (C=O) groups excluding carboxylic acids is 1. The van der Waals surface area contributed by atoms with E-state index in [0.717, 1.165) is 0 Å². The molecule has 7 heteroatoms. The molecule has 7 nitrogen and oxygen atoms in total. The summed E-state index contributed by atoms with van der Waals surface area (Å²) in [5.41, 5.74) is 5.34. The van der Waals surface area contributed by atoms with Gasteiger partial charge in [-0.25, -0.2) is 4.79 Å². The van der Waals surface area contributed by atoms with Gasteiger partial charge in [-0.15, -0.1) is 0 Å². The van der Waals surface area contributed by atoms with Crippen LogP contribution in [0.3, 0.4) is 0 Å². The summed E-state index contributed by atoms with van der Waals surface area (Å²) in [5, 5.41) is 19.5. The zero-order chi connectivity index (χ0) is 13.4. The van der Waals surface area contributed by atoms with Crippen molar-refractivity contribution < 1.29 is 24.6 Å². The number of hydrogen-bond acceptors (Lipinski definition) is 4. The molecule has 17 heavy (non-hydrogen) atoms. The fourth-order valence-corrected chi connectivity index (χ4v) is 1.18. The Morgan fingerprint density at radius 1 is 1.29 bits per heavy atom. The molecule has 2 atom stereocenters. The Kier molecular flexibility index (Phi) is 6.88. The van der Waals surface area contributed by atoms with Crippen LogP contribution in [0.4, 0.5) is 0 Å². The Bertz CT molecular complexity index is 292. The fraction of sp³-hybridized carbons (Fsp3) is 0.700. The lowest BCUT2D eigenvalue weighted by Gasteiger charge is -2.15. The summed E-state index contributed by atoms with van der Waals surface area (Å²) < 4.78 is 0. The first kappa shape index (κ1) is 15.4. The first-order chi connectivity index (χ1) is 7.86. The third kappa shape index (κ3) is 7.29. The van der Waals surface area contributed by atoms with E-state index in [1.807, 2.05) is 0 Å². The van der Waals surface area contributed by atoms with E-state index in [1.54, 1.807) is 6.92 Å². The minimum absolute atomic E-state index is 0.0380.